The fourth-order valence-corrected chi connectivity index (χ4v) is 2.79. The normalized spacial score (nSPS) is 19.4. The van der Waals surface area contributed by atoms with Gasteiger partial charge in [-0.25, -0.2) is 4.39 Å². The molecule has 1 atom stereocenters. The second-order valence-corrected chi connectivity index (χ2v) is 5.92. The van der Waals surface area contributed by atoms with Crippen molar-refractivity contribution in [3.8, 4) is 0 Å². The summed E-state index contributed by atoms with van der Waals surface area (Å²) < 4.78 is 13.2. The summed E-state index contributed by atoms with van der Waals surface area (Å²) in [4.78, 5) is 2.46. The van der Waals surface area contributed by atoms with Crippen molar-refractivity contribution in [2.75, 3.05) is 26.2 Å². The SMILES string of the molecule is CC(C)(CC(N)c1cccc(F)c1)N1CCNCC1. The van der Waals surface area contributed by atoms with Crippen molar-refractivity contribution in [3.05, 3.63) is 35.6 Å². The highest BCUT2D eigenvalue weighted by atomic mass is 19.1. The number of rotatable bonds is 4. The van der Waals surface area contributed by atoms with Gasteiger partial charge in [-0.15, -0.1) is 0 Å². The Hall–Kier alpha value is -0.970. The first kappa shape index (κ1) is 14.4. The van der Waals surface area contributed by atoms with Gasteiger partial charge in [0.25, 0.3) is 0 Å². The van der Waals surface area contributed by atoms with E-state index in [0.717, 1.165) is 38.2 Å². The van der Waals surface area contributed by atoms with E-state index in [1.807, 2.05) is 6.07 Å². The van der Waals surface area contributed by atoms with E-state index in [-0.39, 0.29) is 17.4 Å². The third kappa shape index (κ3) is 3.75. The Balaban J connectivity index is 2.02. The zero-order valence-electron chi connectivity index (χ0n) is 11.8. The minimum Gasteiger partial charge on any atom is -0.324 e. The number of nitrogens with two attached hydrogens (primary N) is 1. The van der Waals surface area contributed by atoms with Crippen molar-refractivity contribution in [2.45, 2.75) is 31.8 Å². The highest BCUT2D eigenvalue weighted by molar-refractivity contribution is 5.20. The van der Waals surface area contributed by atoms with Crippen LogP contribution in [0.3, 0.4) is 0 Å². The number of piperazine rings is 1. The van der Waals surface area contributed by atoms with Crippen LogP contribution in [0.5, 0.6) is 0 Å². The van der Waals surface area contributed by atoms with Gasteiger partial charge in [-0.3, -0.25) is 4.90 Å². The van der Waals surface area contributed by atoms with Crippen LogP contribution in [-0.2, 0) is 0 Å². The third-order valence-electron chi connectivity index (χ3n) is 3.97. The lowest BCUT2D eigenvalue weighted by Crippen LogP contribution is -2.54. The van der Waals surface area contributed by atoms with Gasteiger partial charge in [-0.05, 0) is 38.0 Å². The molecule has 4 heteroatoms. The average molecular weight is 265 g/mol. The van der Waals surface area contributed by atoms with E-state index in [0.29, 0.717) is 0 Å². The highest BCUT2D eigenvalue weighted by Gasteiger charge is 2.30. The Bertz CT molecular complexity index is 414. The zero-order chi connectivity index (χ0) is 13.9. The third-order valence-corrected chi connectivity index (χ3v) is 3.97. The summed E-state index contributed by atoms with van der Waals surface area (Å²) in [6.45, 7) is 8.58. The second-order valence-electron chi connectivity index (χ2n) is 5.92. The minimum atomic E-state index is -0.215. The van der Waals surface area contributed by atoms with Crippen molar-refractivity contribution in [2.24, 2.45) is 5.73 Å². The van der Waals surface area contributed by atoms with E-state index in [1.54, 1.807) is 12.1 Å². The number of hydrogen-bond acceptors (Lipinski definition) is 3. The number of nitrogens with one attached hydrogen (secondary N) is 1. The number of nitrogens with zero attached hydrogens (tertiary/aromatic N) is 1. The average Bonchev–Trinajstić information content (AvgIpc) is 2.39. The Morgan fingerprint density at radius 3 is 2.68 bits per heavy atom. The van der Waals surface area contributed by atoms with Crippen LogP contribution in [0.1, 0.15) is 31.9 Å². The first-order valence-electron chi connectivity index (χ1n) is 6.96. The van der Waals surface area contributed by atoms with Gasteiger partial charge in [-0.1, -0.05) is 12.1 Å². The molecular formula is C15H24FN3. The van der Waals surface area contributed by atoms with Gasteiger partial charge in [0.05, 0.1) is 0 Å². The molecule has 0 saturated carbocycles. The molecule has 106 valence electrons. The molecule has 0 aliphatic carbocycles. The lowest BCUT2D eigenvalue weighted by molar-refractivity contribution is 0.0893. The van der Waals surface area contributed by atoms with Gasteiger partial charge in [0.2, 0.25) is 0 Å². The standard InChI is InChI=1S/C15H24FN3/c1-15(2,19-8-6-18-7-9-19)11-14(17)12-4-3-5-13(16)10-12/h3-5,10,14,18H,6-9,11,17H2,1-2H3. The summed E-state index contributed by atoms with van der Waals surface area (Å²) in [5.41, 5.74) is 7.16. The fourth-order valence-electron chi connectivity index (χ4n) is 2.79. The van der Waals surface area contributed by atoms with Gasteiger partial charge < -0.3 is 11.1 Å². The largest absolute Gasteiger partial charge is 0.324 e. The quantitative estimate of drug-likeness (QED) is 0.873. The van der Waals surface area contributed by atoms with Crippen LogP contribution in [0.2, 0.25) is 0 Å². The van der Waals surface area contributed by atoms with Crippen LogP contribution in [0.15, 0.2) is 24.3 Å². The van der Waals surface area contributed by atoms with Crippen LogP contribution in [0.4, 0.5) is 4.39 Å². The predicted molar refractivity (Wildman–Crippen MR) is 76.5 cm³/mol. The van der Waals surface area contributed by atoms with E-state index in [9.17, 15) is 4.39 Å². The predicted octanol–water partition coefficient (Wildman–Crippen LogP) is 1.90. The number of benzene rings is 1. The lowest BCUT2D eigenvalue weighted by Gasteiger charge is -2.42. The first-order chi connectivity index (χ1) is 8.99. The first-order valence-corrected chi connectivity index (χ1v) is 6.96. The zero-order valence-corrected chi connectivity index (χ0v) is 11.8. The lowest BCUT2D eigenvalue weighted by atomic mass is 9.89. The number of halogens is 1. The molecule has 1 aliphatic rings. The molecule has 1 aliphatic heterocycles. The maximum Gasteiger partial charge on any atom is 0.123 e. The molecule has 2 rings (SSSR count). The summed E-state index contributed by atoms with van der Waals surface area (Å²) >= 11 is 0. The molecule has 0 spiro atoms. The molecule has 0 radical (unpaired) electrons. The molecule has 0 bridgehead atoms. The molecular weight excluding hydrogens is 241 g/mol. The monoisotopic (exact) mass is 265 g/mol. The van der Waals surface area contributed by atoms with Gasteiger partial charge in [0.15, 0.2) is 0 Å². The summed E-state index contributed by atoms with van der Waals surface area (Å²) in [7, 11) is 0. The summed E-state index contributed by atoms with van der Waals surface area (Å²) in [5, 5.41) is 3.36. The minimum absolute atomic E-state index is 0.0355. The summed E-state index contributed by atoms with van der Waals surface area (Å²) in [5.74, 6) is -0.215. The molecule has 19 heavy (non-hydrogen) atoms. The van der Waals surface area contributed by atoms with Crippen LogP contribution in [0.25, 0.3) is 0 Å². The van der Waals surface area contributed by atoms with Gasteiger partial charge >= 0.3 is 0 Å². The maximum atomic E-state index is 13.2. The van der Waals surface area contributed by atoms with Crippen molar-refractivity contribution < 1.29 is 4.39 Å². The highest BCUT2D eigenvalue weighted by Crippen LogP contribution is 2.27. The molecule has 1 unspecified atom stereocenters. The van der Waals surface area contributed by atoms with E-state index >= 15 is 0 Å². The van der Waals surface area contributed by atoms with Crippen molar-refractivity contribution >= 4 is 0 Å². The summed E-state index contributed by atoms with van der Waals surface area (Å²) in [6.07, 6.45) is 0.830. The van der Waals surface area contributed by atoms with Crippen molar-refractivity contribution in [3.63, 3.8) is 0 Å². The molecule has 3 nitrogen and oxygen atoms in total. The summed E-state index contributed by atoms with van der Waals surface area (Å²) in [6, 6.07) is 6.50. The van der Waals surface area contributed by atoms with Gasteiger partial charge in [-0.2, -0.15) is 0 Å². The Morgan fingerprint density at radius 1 is 1.37 bits per heavy atom. The smallest absolute Gasteiger partial charge is 0.123 e. The maximum absolute atomic E-state index is 13.2. The Kier molecular flexibility index (Phi) is 4.55. The van der Waals surface area contributed by atoms with Crippen LogP contribution >= 0.6 is 0 Å². The van der Waals surface area contributed by atoms with E-state index < -0.39 is 0 Å². The molecule has 3 N–H and O–H groups in total. The second kappa shape index (κ2) is 5.99. The number of hydrogen-bond donors (Lipinski definition) is 2. The van der Waals surface area contributed by atoms with Crippen LogP contribution < -0.4 is 11.1 Å². The van der Waals surface area contributed by atoms with Gasteiger partial charge in [0.1, 0.15) is 5.82 Å². The molecule has 1 aromatic carbocycles. The van der Waals surface area contributed by atoms with E-state index in [1.165, 1.54) is 6.07 Å². The molecule has 1 aromatic rings. The van der Waals surface area contributed by atoms with Crippen molar-refractivity contribution in [1.29, 1.82) is 0 Å². The Labute approximate surface area is 115 Å². The molecule has 0 aromatic heterocycles. The van der Waals surface area contributed by atoms with E-state index in [2.05, 4.69) is 24.1 Å². The molecule has 1 saturated heterocycles. The van der Waals surface area contributed by atoms with Gasteiger partial charge in [0, 0.05) is 37.8 Å². The van der Waals surface area contributed by atoms with Crippen LogP contribution in [0, 0.1) is 5.82 Å². The Morgan fingerprint density at radius 2 is 2.05 bits per heavy atom. The van der Waals surface area contributed by atoms with Crippen molar-refractivity contribution in [1.82, 2.24) is 10.2 Å². The van der Waals surface area contributed by atoms with E-state index in [4.69, 9.17) is 5.73 Å². The molecule has 0 amide bonds. The molecule has 1 heterocycles. The fraction of sp³-hybridized carbons (Fsp3) is 0.600. The van der Waals surface area contributed by atoms with Crippen LogP contribution in [-0.4, -0.2) is 36.6 Å². The molecule has 1 fully saturated rings. The topological polar surface area (TPSA) is 41.3 Å².